The molecule has 2 aromatic rings. The predicted octanol–water partition coefficient (Wildman–Crippen LogP) is 2.60. The van der Waals surface area contributed by atoms with E-state index in [-0.39, 0.29) is 5.91 Å². The third kappa shape index (κ3) is 2.39. The smallest absolute Gasteiger partial charge is 0.257 e. The zero-order valence-corrected chi connectivity index (χ0v) is 14.5. The molecule has 1 aromatic carbocycles. The summed E-state index contributed by atoms with van der Waals surface area (Å²) >= 11 is 0. The van der Waals surface area contributed by atoms with Gasteiger partial charge in [-0.05, 0) is 37.5 Å². The van der Waals surface area contributed by atoms with Crippen molar-refractivity contribution in [3.63, 3.8) is 0 Å². The summed E-state index contributed by atoms with van der Waals surface area (Å²) in [6.07, 6.45) is 2.01. The molecule has 0 spiro atoms. The molecule has 0 unspecified atom stereocenters. The second-order valence-electron chi connectivity index (χ2n) is 6.87. The largest absolute Gasteiger partial charge is 0.493 e. The number of hydrogen-bond donors (Lipinski definition) is 0. The first kappa shape index (κ1) is 15.2. The number of ether oxygens (including phenoxy) is 1. The van der Waals surface area contributed by atoms with Crippen molar-refractivity contribution in [1.82, 2.24) is 14.7 Å². The lowest BCUT2D eigenvalue weighted by Crippen LogP contribution is -2.29. The van der Waals surface area contributed by atoms with Gasteiger partial charge in [-0.25, -0.2) is 0 Å². The molecular weight excluding hydrogens is 302 g/mol. The summed E-state index contributed by atoms with van der Waals surface area (Å²) in [7, 11) is 1.89. The van der Waals surface area contributed by atoms with Gasteiger partial charge < -0.3 is 9.64 Å². The molecule has 1 saturated heterocycles. The Hall–Kier alpha value is -2.30. The Labute approximate surface area is 142 Å². The minimum atomic E-state index is 0.116. The van der Waals surface area contributed by atoms with Gasteiger partial charge in [-0.1, -0.05) is 12.1 Å². The second-order valence-corrected chi connectivity index (χ2v) is 6.87. The Morgan fingerprint density at radius 2 is 2.17 bits per heavy atom. The molecule has 1 fully saturated rings. The molecule has 126 valence electrons. The molecule has 1 amide bonds. The molecule has 0 radical (unpaired) electrons. The summed E-state index contributed by atoms with van der Waals surface area (Å²) in [6.45, 7) is 6.25. The maximum atomic E-state index is 12.9. The summed E-state index contributed by atoms with van der Waals surface area (Å²) in [6, 6.07) is 6.50. The van der Waals surface area contributed by atoms with Gasteiger partial charge in [-0.2, -0.15) is 5.10 Å². The van der Waals surface area contributed by atoms with E-state index in [0.717, 1.165) is 55.2 Å². The molecule has 0 aliphatic carbocycles. The number of benzene rings is 1. The fourth-order valence-corrected chi connectivity index (χ4v) is 3.92. The number of rotatable bonds is 2. The monoisotopic (exact) mass is 325 g/mol. The number of aromatic nitrogens is 2. The van der Waals surface area contributed by atoms with Gasteiger partial charge in [0.25, 0.3) is 5.91 Å². The van der Waals surface area contributed by atoms with Crippen LogP contribution in [0.3, 0.4) is 0 Å². The first-order valence-corrected chi connectivity index (χ1v) is 8.59. The average Bonchev–Trinajstić information content (AvgIpc) is 3.27. The fourth-order valence-electron chi connectivity index (χ4n) is 3.92. The van der Waals surface area contributed by atoms with Crippen molar-refractivity contribution in [2.75, 3.05) is 19.7 Å². The topological polar surface area (TPSA) is 47.4 Å². The Morgan fingerprint density at radius 3 is 2.92 bits per heavy atom. The SMILES string of the molecule is Cc1nn(C)c(C)c1C(=O)N1CC[C@H](c2ccc3c(c2)CCO3)C1. The highest BCUT2D eigenvalue weighted by Crippen LogP contribution is 2.33. The molecule has 3 heterocycles. The van der Waals surface area contributed by atoms with E-state index in [2.05, 4.69) is 23.3 Å². The first-order chi connectivity index (χ1) is 11.5. The van der Waals surface area contributed by atoms with Gasteiger partial charge in [0.1, 0.15) is 5.75 Å². The van der Waals surface area contributed by atoms with Crippen molar-refractivity contribution in [2.45, 2.75) is 32.6 Å². The van der Waals surface area contributed by atoms with E-state index in [4.69, 9.17) is 4.74 Å². The molecule has 4 rings (SSSR count). The van der Waals surface area contributed by atoms with Gasteiger partial charge in [-0.15, -0.1) is 0 Å². The summed E-state index contributed by atoms with van der Waals surface area (Å²) in [5.41, 5.74) is 5.15. The molecule has 1 atom stereocenters. The third-order valence-electron chi connectivity index (χ3n) is 5.38. The van der Waals surface area contributed by atoms with Gasteiger partial charge in [0, 0.05) is 38.2 Å². The Morgan fingerprint density at radius 1 is 1.33 bits per heavy atom. The van der Waals surface area contributed by atoms with Crippen molar-refractivity contribution >= 4 is 5.91 Å². The number of nitrogens with zero attached hydrogens (tertiary/aromatic N) is 3. The molecule has 5 nitrogen and oxygen atoms in total. The lowest BCUT2D eigenvalue weighted by molar-refractivity contribution is 0.0789. The van der Waals surface area contributed by atoms with Gasteiger partial charge in [0.05, 0.1) is 17.9 Å². The summed E-state index contributed by atoms with van der Waals surface area (Å²) in [4.78, 5) is 14.9. The number of carbonyl (C=O) groups excluding carboxylic acids is 1. The number of aryl methyl sites for hydroxylation is 2. The van der Waals surface area contributed by atoms with Crippen LogP contribution in [0, 0.1) is 13.8 Å². The highest BCUT2D eigenvalue weighted by molar-refractivity contribution is 5.96. The van der Waals surface area contributed by atoms with Crippen molar-refractivity contribution < 1.29 is 9.53 Å². The summed E-state index contributed by atoms with van der Waals surface area (Å²) < 4.78 is 7.38. The van der Waals surface area contributed by atoms with Crippen LogP contribution >= 0.6 is 0 Å². The maximum Gasteiger partial charge on any atom is 0.257 e. The van der Waals surface area contributed by atoms with E-state index in [9.17, 15) is 4.79 Å². The van der Waals surface area contributed by atoms with Gasteiger partial charge in [0.15, 0.2) is 0 Å². The minimum absolute atomic E-state index is 0.116. The minimum Gasteiger partial charge on any atom is -0.493 e. The van der Waals surface area contributed by atoms with Crippen LogP contribution in [-0.2, 0) is 13.5 Å². The fraction of sp³-hybridized carbons (Fsp3) is 0.474. The molecular formula is C19H23N3O2. The average molecular weight is 325 g/mol. The van der Waals surface area contributed by atoms with Gasteiger partial charge in [0.2, 0.25) is 0 Å². The van der Waals surface area contributed by atoms with E-state index < -0.39 is 0 Å². The molecule has 0 bridgehead atoms. The van der Waals surface area contributed by atoms with Crippen LogP contribution in [0.2, 0.25) is 0 Å². The van der Waals surface area contributed by atoms with E-state index in [1.165, 1.54) is 11.1 Å². The van der Waals surface area contributed by atoms with Crippen LogP contribution in [0.25, 0.3) is 0 Å². The normalized spacial score (nSPS) is 19.5. The van der Waals surface area contributed by atoms with Crippen molar-refractivity contribution in [3.8, 4) is 5.75 Å². The van der Waals surface area contributed by atoms with Crippen LogP contribution in [-0.4, -0.2) is 40.3 Å². The van der Waals surface area contributed by atoms with E-state index in [1.54, 1.807) is 4.68 Å². The number of fused-ring (bicyclic) bond motifs is 1. The van der Waals surface area contributed by atoms with Gasteiger partial charge >= 0.3 is 0 Å². The Bertz CT molecular complexity index is 809. The van der Waals surface area contributed by atoms with Crippen molar-refractivity contribution in [3.05, 3.63) is 46.3 Å². The molecule has 24 heavy (non-hydrogen) atoms. The highest BCUT2D eigenvalue weighted by Gasteiger charge is 2.31. The summed E-state index contributed by atoms with van der Waals surface area (Å²) in [5.74, 6) is 1.55. The summed E-state index contributed by atoms with van der Waals surface area (Å²) in [5, 5.41) is 4.37. The van der Waals surface area contributed by atoms with Crippen LogP contribution in [0.4, 0.5) is 0 Å². The molecule has 2 aliphatic rings. The van der Waals surface area contributed by atoms with E-state index >= 15 is 0 Å². The predicted molar refractivity (Wildman–Crippen MR) is 91.6 cm³/mol. The number of likely N-dealkylation sites (tertiary alicyclic amines) is 1. The molecule has 2 aliphatic heterocycles. The lowest BCUT2D eigenvalue weighted by atomic mass is 9.96. The van der Waals surface area contributed by atoms with E-state index in [0.29, 0.717) is 5.92 Å². The standard InChI is InChI=1S/C19H23N3O2/c1-12-18(13(2)21(3)20-12)19(23)22-8-6-16(11-22)14-4-5-17-15(10-14)7-9-24-17/h4-5,10,16H,6-9,11H2,1-3H3/t16-/m0/s1. The number of hydrogen-bond acceptors (Lipinski definition) is 3. The highest BCUT2D eigenvalue weighted by atomic mass is 16.5. The van der Waals surface area contributed by atoms with Crippen LogP contribution in [0.1, 0.15) is 45.2 Å². The lowest BCUT2D eigenvalue weighted by Gasteiger charge is -2.17. The maximum absolute atomic E-state index is 12.9. The van der Waals surface area contributed by atoms with E-state index in [1.807, 2.05) is 25.8 Å². The van der Waals surface area contributed by atoms with Crippen molar-refractivity contribution in [2.24, 2.45) is 7.05 Å². The molecule has 5 heteroatoms. The van der Waals surface area contributed by atoms with Crippen LogP contribution in [0.5, 0.6) is 5.75 Å². The zero-order chi connectivity index (χ0) is 16.8. The quantitative estimate of drug-likeness (QED) is 0.853. The first-order valence-electron chi connectivity index (χ1n) is 8.59. The molecule has 0 saturated carbocycles. The van der Waals surface area contributed by atoms with Crippen LogP contribution in [0.15, 0.2) is 18.2 Å². The third-order valence-corrected chi connectivity index (χ3v) is 5.38. The molecule has 1 aromatic heterocycles. The van der Waals surface area contributed by atoms with Gasteiger partial charge in [-0.3, -0.25) is 9.48 Å². The Balaban J connectivity index is 1.53. The van der Waals surface area contributed by atoms with Crippen molar-refractivity contribution in [1.29, 1.82) is 0 Å². The molecule has 0 N–H and O–H groups in total. The Kier molecular flexibility index (Phi) is 3.59. The second kappa shape index (κ2) is 5.65. The van der Waals surface area contributed by atoms with Crippen LogP contribution < -0.4 is 4.74 Å². The number of amides is 1. The zero-order valence-electron chi connectivity index (χ0n) is 14.5. The number of carbonyl (C=O) groups is 1.